The lowest BCUT2D eigenvalue weighted by atomic mass is 9.88. The standard InChI is InChI=1S/C33H42N6O4/c1-22-5-7-23(8-6-22)16-25-18-29(31(40)35-19-24-9-10-28-26(17-24)20-36-37(28)2)39(21-25)33(42)30-27(4-3-11-34-30)32(41)38-12-14-43-15-13-38/h5-10,17,20,25,27,29-30,34H,3-4,11-16,18-19,21H2,1-2H3,(H,35,40)/t25-,27+,29+,30-/m1/s1. The van der Waals surface area contributed by atoms with Crippen molar-refractivity contribution in [2.75, 3.05) is 39.4 Å². The third-order valence-corrected chi connectivity index (χ3v) is 9.26. The first-order chi connectivity index (χ1) is 20.9. The molecule has 2 aromatic carbocycles. The molecule has 228 valence electrons. The van der Waals surface area contributed by atoms with Crippen LogP contribution in [0.1, 0.15) is 36.0 Å². The smallest absolute Gasteiger partial charge is 0.243 e. The Labute approximate surface area is 252 Å². The molecule has 4 atom stereocenters. The number of rotatable bonds is 7. The summed E-state index contributed by atoms with van der Waals surface area (Å²) in [6.45, 7) is 5.74. The minimum atomic E-state index is -0.634. The Hall–Kier alpha value is -3.76. The summed E-state index contributed by atoms with van der Waals surface area (Å²) in [5.41, 5.74) is 4.41. The van der Waals surface area contributed by atoms with Crippen LogP contribution in [0.25, 0.3) is 10.9 Å². The fraction of sp³-hybridized carbons (Fsp3) is 0.515. The first kappa shape index (κ1) is 29.3. The highest BCUT2D eigenvalue weighted by Crippen LogP contribution is 2.30. The van der Waals surface area contributed by atoms with E-state index >= 15 is 0 Å². The highest BCUT2D eigenvalue weighted by Gasteiger charge is 2.46. The number of likely N-dealkylation sites (tertiary alicyclic amines) is 1. The van der Waals surface area contributed by atoms with Gasteiger partial charge in [0.1, 0.15) is 6.04 Å². The number of piperidine rings is 1. The second-order valence-electron chi connectivity index (χ2n) is 12.3. The summed E-state index contributed by atoms with van der Waals surface area (Å²) in [6, 6.07) is 13.3. The van der Waals surface area contributed by atoms with Gasteiger partial charge in [-0.3, -0.25) is 19.1 Å². The molecular weight excluding hydrogens is 544 g/mol. The molecule has 6 rings (SSSR count). The van der Waals surface area contributed by atoms with Gasteiger partial charge in [-0.25, -0.2) is 0 Å². The summed E-state index contributed by atoms with van der Waals surface area (Å²) in [5.74, 6) is -0.583. The van der Waals surface area contributed by atoms with Gasteiger partial charge >= 0.3 is 0 Å². The number of ether oxygens (including phenoxy) is 1. The molecule has 0 spiro atoms. The fourth-order valence-electron chi connectivity index (χ4n) is 6.86. The van der Waals surface area contributed by atoms with Gasteiger partial charge in [0.2, 0.25) is 17.7 Å². The topological polar surface area (TPSA) is 109 Å². The van der Waals surface area contributed by atoms with Crippen LogP contribution in [0, 0.1) is 18.8 Å². The van der Waals surface area contributed by atoms with E-state index in [0.717, 1.165) is 29.3 Å². The molecule has 0 bridgehead atoms. The zero-order chi connectivity index (χ0) is 29.9. The van der Waals surface area contributed by atoms with E-state index in [-0.39, 0.29) is 23.6 Å². The lowest BCUT2D eigenvalue weighted by molar-refractivity contribution is -0.149. The molecule has 43 heavy (non-hydrogen) atoms. The number of carbonyl (C=O) groups is 3. The number of aromatic nitrogens is 2. The number of hydrogen-bond donors (Lipinski definition) is 2. The van der Waals surface area contributed by atoms with Gasteiger partial charge < -0.3 is 25.2 Å². The van der Waals surface area contributed by atoms with Crippen molar-refractivity contribution in [1.82, 2.24) is 30.2 Å². The van der Waals surface area contributed by atoms with Crippen molar-refractivity contribution in [3.05, 3.63) is 65.4 Å². The van der Waals surface area contributed by atoms with Crippen LogP contribution in [0.2, 0.25) is 0 Å². The molecule has 3 aromatic rings. The van der Waals surface area contributed by atoms with Crippen LogP contribution in [0.3, 0.4) is 0 Å². The van der Waals surface area contributed by atoms with Crippen LogP contribution in [0.4, 0.5) is 0 Å². The summed E-state index contributed by atoms with van der Waals surface area (Å²) in [4.78, 5) is 45.2. The van der Waals surface area contributed by atoms with Crippen LogP contribution < -0.4 is 10.6 Å². The molecule has 10 nitrogen and oxygen atoms in total. The Balaban J connectivity index is 1.19. The monoisotopic (exact) mass is 586 g/mol. The molecular formula is C33H42N6O4. The summed E-state index contributed by atoms with van der Waals surface area (Å²) < 4.78 is 7.27. The summed E-state index contributed by atoms with van der Waals surface area (Å²) in [6.07, 6.45) is 4.70. The maximum atomic E-state index is 14.3. The van der Waals surface area contributed by atoms with Crippen LogP contribution in [0.5, 0.6) is 0 Å². The SMILES string of the molecule is Cc1ccc(C[C@@H]2C[C@@H](C(=O)NCc3ccc4c(cnn4C)c3)N(C(=O)[C@@H]3NCCC[C@@H]3C(=O)N3CCOCC3)C2)cc1. The minimum absolute atomic E-state index is 0.0102. The van der Waals surface area contributed by atoms with E-state index in [1.807, 2.05) is 41.0 Å². The predicted molar refractivity (Wildman–Crippen MR) is 163 cm³/mol. The van der Waals surface area contributed by atoms with Gasteiger partial charge in [0.25, 0.3) is 0 Å². The van der Waals surface area contributed by atoms with E-state index in [1.165, 1.54) is 11.1 Å². The number of carbonyl (C=O) groups excluding carboxylic acids is 3. The van der Waals surface area contributed by atoms with E-state index in [2.05, 4.69) is 46.9 Å². The second kappa shape index (κ2) is 12.9. The van der Waals surface area contributed by atoms with E-state index in [1.54, 1.807) is 4.90 Å². The molecule has 0 unspecified atom stereocenters. The van der Waals surface area contributed by atoms with Crippen molar-refractivity contribution >= 4 is 28.6 Å². The van der Waals surface area contributed by atoms with Gasteiger partial charge in [0.05, 0.1) is 36.9 Å². The molecule has 2 N–H and O–H groups in total. The Morgan fingerprint density at radius 3 is 2.60 bits per heavy atom. The van der Waals surface area contributed by atoms with E-state index in [0.29, 0.717) is 58.8 Å². The Morgan fingerprint density at radius 2 is 1.81 bits per heavy atom. The van der Waals surface area contributed by atoms with E-state index in [4.69, 9.17) is 4.74 Å². The van der Waals surface area contributed by atoms with Gasteiger partial charge in [-0.05, 0) is 68.3 Å². The largest absolute Gasteiger partial charge is 0.378 e. The normalized spacial score (nSPS) is 24.3. The number of aryl methyl sites for hydroxylation is 2. The summed E-state index contributed by atoms with van der Waals surface area (Å²) in [7, 11) is 1.91. The molecule has 3 saturated heterocycles. The highest BCUT2D eigenvalue weighted by atomic mass is 16.5. The average Bonchev–Trinajstić information content (AvgIpc) is 3.63. The van der Waals surface area contributed by atoms with Crippen LogP contribution in [-0.2, 0) is 39.1 Å². The van der Waals surface area contributed by atoms with Crippen molar-refractivity contribution in [2.45, 2.75) is 51.2 Å². The van der Waals surface area contributed by atoms with Gasteiger partial charge in [0.15, 0.2) is 0 Å². The van der Waals surface area contributed by atoms with Gasteiger partial charge in [-0.15, -0.1) is 0 Å². The number of fused-ring (bicyclic) bond motifs is 1. The maximum absolute atomic E-state index is 14.3. The third-order valence-electron chi connectivity index (χ3n) is 9.26. The Morgan fingerprint density at radius 1 is 1.05 bits per heavy atom. The molecule has 3 aliphatic heterocycles. The molecule has 3 fully saturated rings. The minimum Gasteiger partial charge on any atom is -0.378 e. The molecule has 0 saturated carbocycles. The predicted octanol–water partition coefficient (Wildman–Crippen LogP) is 2.18. The van der Waals surface area contributed by atoms with Crippen LogP contribution in [-0.4, -0.2) is 88.8 Å². The zero-order valence-corrected chi connectivity index (χ0v) is 25.1. The number of morpholine rings is 1. The van der Waals surface area contributed by atoms with Crippen molar-refractivity contribution < 1.29 is 19.1 Å². The van der Waals surface area contributed by atoms with Crippen molar-refractivity contribution in [1.29, 1.82) is 0 Å². The first-order valence-electron chi connectivity index (χ1n) is 15.5. The first-order valence-corrected chi connectivity index (χ1v) is 15.5. The van der Waals surface area contributed by atoms with Crippen LogP contribution in [0.15, 0.2) is 48.7 Å². The van der Waals surface area contributed by atoms with Gasteiger partial charge in [-0.2, -0.15) is 5.10 Å². The second-order valence-corrected chi connectivity index (χ2v) is 12.3. The highest BCUT2D eigenvalue weighted by molar-refractivity contribution is 5.94. The number of amides is 3. The van der Waals surface area contributed by atoms with E-state index < -0.39 is 18.0 Å². The maximum Gasteiger partial charge on any atom is 0.243 e. The number of hydrogen-bond acceptors (Lipinski definition) is 6. The molecule has 3 amide bonds. The number of nitrogens with one attached hydrogen (secondary N) is 2. The molecule has 4 heterocycles. The molecule has 0 aliphatic carbocycles. The lowest BCUT2D eigenvalue weighted by Gasteiger charge is -2.38. The van der Waals surface area contributed by atoms with Crippen molar-refractivity contribution in [2.24, 2.45) is 18.9 Å². The summed E-state index contributed by atoms with van der Waals surface area (Å²) >= 11 is 0. The quantitative estimate of drug-likeness (QED) is 0.440. The molecule has 10 heteroatoms. The fourth-order valence-corrected chi connectivity index (χ4v) is 6.86. The zero-order valence-electron chi connectivity index (χ0n) is 25.1. The third kappa shape index (κ3) is 6.45. The summed E-state index contributed by atoms with van der Waals surface area (Å²) in [5, 5.41) is 11.8. The number of benzene rings is 2. The van der Waals surface area contributed by atoms with Gasteiger partial charge in [0, 0.05) is 38.6 Å². The number of nitrogens with zero attached hydrogens (tertiary/aromatic N) is 4. The van der Waals surface area contributed by atoms with E-state index in [9.17, 15) is 14.4 Å². The Bertz CT molecular complexity index is 1460. The van der Waals surface area contributed by atoms with Crippen molar-refractivity contribution in [3.63, 3.8) is 0 Å². The van der Waals surface area contributed by atoms with Crippen molar-refractivity contribution in [3.8, 4) is 0 Å². The Kier molecular flexibility index (Phi) is 8.76. The molecule has 0 radical (unpaired) electrons. The van der Waals surface area contributed by atoms with Gasteiger partial charge in [-0.1, -0.05) is 35.9 Å². The average molecular weight is 587 g/mol. The molecule has 1 aromatic heterocycles. The van der Waals surface area contributed by atoms with Crippen LogP contribution >= 0.6 is 0 Å². The lowest BCUT2D eigenvalue weighted by Crippen LogP contribution is -2.59. The molecule has 3 aliphatic rings.